The summed E-state index contributed by atoms with van der Waals surface area (Å²) in [5.74, 6) is -3.17. The van der Waals surface area contributed by atoms with Crippen LogP contribution in [0.3, 0.4) is 0 Å². The molecule has 1 aliphatic heterocycles. The van der Waals surface area contributed by atoms with Gasteiger partial charge in [-0.15, -0.1) is 11.8 Å². The van der Waals surface area contributed by atoms with Gasteiger partial charge in [0.2, 0.25) is 5.91 Å². The van der Waals surface area contributed by atoms with Crippen LogP contribution in [-0.4, -0.2) is 70.7 Å². The van der Waals surface area contributed by atoms with Crippen molar-refractivity contribution in [1.29, 1.82) is 0 Å². The van der Waals surface area contributed by atoms with E-state index in [1.165, 1.54) is 36.0 Å². The van der Waals surface area contributed by atoms with Crippen LogP contribution in [0.2, 0.25) is 0 Å². The number of hydrogen-bond donors (Lipinski definition) is 3. The monoisotopic (exact) mass is 763 g/mol. The molecule has 1 atom stereocenters. The van der Waals surface area contributed by atoms with Gasteiger partial charge in [0.1, 0.15) is 17.6 Å². The number of unbranched alkanes of at least 4 members (excludes halogenated alkanes) is 2. The third kappa shape index (κ3) is 10.7. The highest BCUT2D eigenvalue weighted by Crippen LogP contribution is 2.47. The van der Waals surface area contributed by atoms with Gasteiger partial charge >= 0.3 is 0 Å². The summed E-state index contributed by atoms with van der Waals surface area (Å²) in [5.41, 5.74) is 0.719. The van der Waals surface area contributed by atoms with Crippen LogP contribution < -0.4 is 20.3 Å². The predicted octanol–water partition coefficient (Wildman–Crippen LogP) is 6.08. The van der Waals surface area contributed by atoms with Crippen LogP contribution >= 0.6 is 11.8 Å². The van der Waals surface area contributed by atoms with E-state index >= 15 is 0 Å². The minimum absolute atomic E-state index is 0.0358. The van der Waals surface area contributed by atoms with Gasteiger partial charge in [0.05, 0.1) is 27.0 Å². The molecule has 1 aliphatic rings. The number of carbonyl (C=O) groups excluding carboxylic acids is 2. The largest absolute Gasteiger partial charge is 0.483 e. The summed E-state index contributed by atoms with van der Waals surface area (Å²) >= 11 is 1.32. The number of carbonyl (C=O) groups is 2. The van der Waals surface area contributed by atoms with E-state index in [0.29, 0.717) is 17.1 Å². The highest BCUT2D eigenvalue weighted by atomic mass is 32.2. The first-order chi connectivity index (χ1) is 24.2. The molecule has 11 nitrogen and oxygen atoms in total. The van der Waals surface area contributed by atoms with Crippen LogP contribution in [0.4, 0.5) is 15.8 Å². The number of thioether (sulfide) groups is 1. The number of nitrogens with zero attached hydrogens (tertiary/aromatic N) is 1. The Balaban J connectivity index is 1.67. The summed E-state index contributed by atoms with van der Waals surface area (Å²) in [6, 6.07) is 16.6. The lowest BCUT2D eigenvalue weighted by atomic mass is 9.79. The Bertz CT molecular complexity index is 1880. The number of ether oxygens (including phenoxy) is 1. The van der Waals surface area contributed by atoms with Crippen molar-refractivity contribution in [3.05, 3.63) is 78.1 Å². The predicted molar refractivity (Wildman–Crippen MR) is 197 cm³/mol. The average molecular weight is 764 g/mol. The quantitative estimate of drug-likeness (QED) is 0.109. The lowest BCUT2D eigenvalue weighted by Gasteiger charge is -2.37. The van der Waals surface area contributed by atoms with Crippen molar-refractivity contribution in [2.24, 2.45) is 5.41 Å². The number of anilines is 2. The number of amides is 2. The summed E-state index contributed by atoms with van der Waals surface area (Å²) in [7, 11) is -8.23. The summed E-state index contributed by atoms with van der Waals surface area (Å²) in [5, 5.41) is 4.72. The number of benzene rings is 3. The van der Waals surface area contributed by atoms with E-state index in [-0.39, 0.29) is 22.0 Å². The molecule has 0 saturated heterocycles. The topological polar surface area (TPSA) is 159 Å². The smallest absolute Gasteiger partial charge is 0.266 e. The maximum atomic E-state index is 14.8. The lowest BCUT2D eigenvalue weighted by Crippen LogP contribution is -2.43. The van der Waals surface area contributed by atoms with Crippen molar-refractivity contribution < 1.29 is 40.1 Å². The molecular weight excluding hydrogens is 718 g/mol. The van der Waals surface area contributed by atoms with Crippen molar-refractivity contribution in [2.45, 2.75) is 68.2 Å². The first-order valence-corrected chi connectivity index (χ1v) is 21.4. The number of halogens is 1. The van der Waals surface area contributed by atoms with Gasteiger partial charge < -0.3 is 20.3 Å². The standard InChI is InChI=1S/C36H46FN3O8S3/c1-4-6-17-36(18-7-5-2)24-40(26-13-9-8-10-14-26)29-21-31(49-3)30(22-32(29)50(43,44)25-36)48-23-33(41)39-34(27-15-11-12-16-28(27)37)35(42)38-19-20-51(45,46)47/h8-16,21-22,34H,4-7,17-20,23-25H2,1-3H3,(H,38,42)(H,39,41)(H,45,46,47)/t34-/m1/s1. The van der Waals surface area contributed by atoms with E-state index < -0.39 is 67.9 Å². The van der Waals surface area contributed by atoms with Crippen molar-refractivity contribution in [1.82, 2.24) is 10.6 Å². The van der Waals surface area contributed by atoms with Gasteiger partial charge in [0.15, 0.2) is 16.4 Å². The van der Waals surface area contributed by atoms with Crippen LogP contribution in [0.25, 0.3) is 0 Å². The second-order valence-corrected chi connectivity index (χ2v) is 17.1. The number of para-hydroxylation sites is 1. The van der Waals surface area contributed by atoms with Crippen LogP contribution in [0, 0.1) is 11.2 Å². The Hall–Kier alpha value is -3.66. The van der Waals surface area contributed by atoms with Crippen molar-refractivity contribution >= 4 is 54.9 Å². The fraction of sp³-hybridized carbons (Fsp3) is 0.444. The highest BCUT2D eigenvalue weighted by Gasteiger charge is 2.42. The molecule has 0 aliphatic carbocycles. The third-order valence-corrected chi connectivity index (χ3v) is 12.3. The van der Waals surface area contributed by atoms with E-state index in [9.17, 15) is 30.8 Å². The Kier molecular flexibility index (Phi) is 13.9. The maximum Gasteiger partial charge on any atom is 0.266 e. The SMILES string of the molecule is CCCCC1(CCCC)CN(c2ccccc2)c2cc(SC)c(OCC(=O)N[C@@H](C(=O)NCCS(=O)(=O)O)c3ccccc3F)cc2S(=O)(=O)C1. The molecular formula is C36H46FN3O8S3. The molecule has 0 saturated carbocycles. The Morgan fingerprint density at radius 1 is 1.04 bits per heavy atom. The second-order valence-electron chi connectivity index (χ2n) is 12.7. The van der Waals surface area contributed by atoms with Gasteiger partial charge in [-0.1, -0.05) is 75.9 Å². The molecule has 3 N–H and O–H groups in total. The van der Waals surface area contributed by atoms with Crippen molar-refractivity contribution in [3.63, 3.8) is 0 Å². The van der Waals surface area contributed by atoms with E-state index in [2.05, 4.69) is 29.4 Å². The normalized spacial score (nSPS) is 15.7. The first-order valence-electron chi connectivity index (χ1n) is 16.9. The zero-order valence-electron chi connectivity index (χ0n) is 29.1. The van der Waals surface area contributed by atoms with E-state index in [0.717, 1.165) is 50.3 Å². The van der Waals surface area contributed by atoms with Gasteiger partial charge in [-0.25, -0.2) is 12.8 Å². The molecule has 0 spiro atoms. The van der Waals surface area contributed by atoms with Gasteiger partial charge in [0, 0.05) is 35.8 Å². The molecule has 278 valence electrons. The Labute approximate surface area is 304 Å². The van der Waals surface area contributed by atoms with E-state index in [1.54, 1.807) is 6.07 Å². The molecule has 15 heteroatoms. The van der Waals surface area contributed by atoms with Crippen LogP contribution in [-0.2, 0) is 29.5 Å². The molecule has 3 aromatic rings. The first kappa shape index (κ1) is 40.1. The maximum absolute atomic E-state index is 14.8. The Morgan fingerprint density at radius 2 is 1.69 bits per heavy atom. The van der Waals surface area contributed by atoms with Crippen LogP contribution in [0.1, 0.15) is 64.0 Å². The van der Waals surface area contributed by atoms with Gasteiger partial charge in [-0.05, 0) is 43.4 Å². The number of fused-ring (bicyclic) bond motifs is 1. The minimum atomic E-state index is -4.38. The number of nitrogens with one attached hydrogen (secondary N) is 2. The lowest BCUT2D eigenvalue weighted by molar-refractivity contribution is -0.130. The fourth-order valence-electron chi connectivity index (χ4n) is 6.32. The summed E-state index contributed by atoms with van der Waals surface area (Å²) in [4.78, 5) is 29.0. The molecule has 1 heterocycles. The fourth-order valence-corrected chi connectivity index (χ4v) is 9.35. The molecule has 0 unspecified atom stereocenters. The zero-order chi connectivity index (χ0) is 37.2. The number of rotatable bonds is 17. The molecule has 2 amide bonds. The van der Waals surface area contributed by atoms with Gasteiger partial charge in [0.25, 0.3) is 16.0 Å². The molecule has 0 aromatic heterocycles. The van der Waals surface area contributed by atoms with Crippen molar-refractivity contribution in [3.8, 4) is 5.75 Å². The van der Waals surface area contributed by atoms with E-state index in [1.807, 2.05) is 36.6 Å². The number of sulfone groups is 1. The summed E-state index contributed by atoms with van der Waals surface area (Å²) in [6.45, 7) is 3.59. The molecule has 4 rings (SSSR count). The number of hydrogen-bond acceptors (Lipinski definition) is 9. The highest BCUT2D eigenvalue weighted by molar-refractivity contribution is 7.98. The Morgan fingerprint density at radius 3 is 2.29 bits per heavy atom. The third-order valence-electron chi connectivity index (χ3n) is 8.85. The molecule has 0 bridgehead atoms. The zero-order valence-corrected chi connectivity index (χ0v) is 31.5. The molecule has 0 radical (unpaired) electrons. The second kappa shape index (κ2) is 17.7. The van der Waals surface area contributed by atoms with Gasteiger partial charge in [-0.3, -0.25) is 14.1 Å². The van der Waals surface area contributed by atoms with Gasteiger partial charge in [-0.2, -0.15) is 8.42 Å². The molecule has 51 heavy (non-hydrogen) atoms. The average Bonchev–Trinajstić information content (AvgIpc) is 3.19. The van der Waals surface area contributed by atoms with Crippen LogP contribution in [0.15, 0.2) is 76.5 Å². The molecule has 0 fully saturated rings. The van der Waals surface area contributed by atoms with E-state index in [4.69, 9.17) is 9.29 Å². The summed E-state index contributed by atoms with van der Waals surface area (Å²) in [6.07, 6.45) is 6.98. The molecule has 3 aromatic carbocycles. The van der Waals surface area contributed by atoms with Crippen molar-refractivity contribution in [2.75, 3.05) is 42.4 Å². The van der Waals surface area contributed by atoms with Crippen LogP contribution in [0.5, 0.6) is 5.75 Å². The summed E-state index contributed by atoms with van der Waals surface area (Å²) < 4.78 is 80.7. The minimum Gasteiger partial charge on any atom is -0.483 e.